The summed E-state index contributed by atoms with van der Waals surface area (Å²) < 4.78 is 0. The Labute approximate surface area is 147 Å². The number of carboxylic acid groups (broad SMARTS) is 1. The molecule has 0 aliphatic heterocycles. The number of hydrogen-bond acceptors (Lipinski definition) is 1. The molecule has 24 heavy (non-hydrogen) atoms. The molecule has 0 heterocycles. The molecule has 0 atom stereocenters. The lowest BCUT2D eigenvalue weighted by Gasteiger charge is -1.87. The van der Waals surface area contributed by atoms with Crippen molar-refractivity contribution < 1.29 is 9.90 Å². The van der Waals surface area contributed by atoms with Crippen LogP contribution in [-0.2, 0) is 4.79 Å². The summed E-state index contributed by atoms with van der Waals surface area (Å²) in [5.41, 5.74) is 0. The second kappa shape index (κ2) is 19.0. The number of aliphatic carboxylic acids is 1. The van der Waals surface area contributed by atoms with Crippen molar-refractivity contribution >= 4 is 5.97 Å². The first-order valence-corrected chi connectivity index (χ1v) is 8.89. The van der Waals surface area contributed by atoms with Gasteiger partial charge in [-0.1, -0.05) is 79.8 Å². The van der Waals surface area contributed by atoms with Gasteiger partial charge >= 0.3 is 5.97 Å². The van der Waals surface area contributed by atoms with E-state index in [1.54, 1.807) is 0 Å². The minimum atomic E-state index is -0.741. The Morgan fingerprint density at radius 2 is 0.958 bits per heavy atom. The van der Waals surface area contributed by atoms with Crippen LogP contribution in [0.2, 0.25) is 0 Å². The van der Waals surface area contributed by atoms with E-state index >= 15 is 0 Å². The predicted octanol–water partition coefficient (Wildman–Crippen LogP) is 6.55. The van der Waals surface area contributed by atoms with Gasteiger partial charge in [0, 0.05) is 6.42 Å². The van der Waals surface area contributed by atoms with E-state index in [0.717, 1.165) is 38.5 Å². The molecule has 0 radical (unpaired) electrons. The molecule has 0 aromatic heterocycles. The summed E-state index contributed by atoms with van der Waals surface area (Å²) >= 11 is 0. The van der Waals surface area contributed by atoms with Crippen molar-refractivity contribution in [1.82, 2.24) is 0 Å². The first kappa shape index (κ1) is 21.9. The minimum absolute atomic E-state index is 0.210. The van der Waals surface area contributed by atoms with E-state index in [4.69, 9.17) is 5.11 Å². The van der Waals surface area contributed by atoms with Crippen molar-refractivity contribution in [2.45, 2.75) is 58.3 Å². The fourth-order valence-corrected chi connectivity index (χ4v) is 1.85. The van der Waals surface area contributed by atoms with Crippen LogP contribution in [0.3, 0.4) is 0 Å². The molecule has 0 aliphatic carbocycles. The molecule has 0 saturated heterocycles. The SMILES string of the molecule is CC/C=C/C/C=C/C/C=C/C/C=C\C/C=C/C/C=C/CCC(=O)O. The molecule has 0 aromatic rings. The fourth-order valence-electron chi connectivity index (χ4n) is 1.85. The molecule has 0 aromatic carbocycles. The van der Waals surface area contributed by atoms with Crippen molar-refractivity contribution in [2.24, 2.45) is 0 Å². The molecule has 0 saturated carbocycles. The lowest BCUT2D eigenvalue weighted by atomic mass is 10.2. The summed E-state index contributed by atoms with van der Waals surface area (Å²) in [5.74, 6) is -0.741. The van der Waals surface area contributed by atoms with E-state index in [0.29, 0.717) is 6.42 Å². The average molecular weight is 328 g/mol. The van der Waals surface area contributed by atoms with E-state index in [1.807, 2.05) is 12.2 Å². The highest BCUT2D eigenvalue weighted by atomic mass is 16.4. The van der Waals surface area contributed by atoms with Gasteiger partial charge in [0.2, 0.25) is 0 Å². The zero-order chi connectivity index (χ0) is 17.7. The quantitative estimate of drug-likeness (QED) is 0.367. The second-order valence-electron chi connectivity index (χ2n) is 5.35. The van der Waals surface area contributed by atoms with Crippen LogP contribution >= 0.6 is 0 Å². The molecule has 132 valence electrons. The third kappa shape index (κ3) is 19.9. The Balaban J connectivity index is 3.51. The molecule has 0 aliphatic rings. The number of rotatable bonds is 14. The van der Waals surface area contributed by atoms with E-state index in [1.165, 1.54) is 0 Å². The van der Waals surface area contributed by atoms with Crippen LogP contribution in [0.1, 0.15) is 58.3 Å². The van der Waals surface area contributed by atoms with Gasteiger partial charge in [0.05, 0.1) is 0 Å². The third-order valence-electron chi connectivity index (χ3n) is 3.12. The summed E-state index contributed by atoms with van der Waals surface area (Å²) in [7, 11) is 0. The summed E-state index contributed by atoms with van der Waals surface area (Å²) in [5, 5.41) is 8.49. The maximum atomic E-state index is 10.3. The predicted molar refractivity (Wildman–Crippen MR) is 105 cm³/mol. The van der Waals surface area contributed by atoms with Gasteiger partial charge in [0.25, 0.3) is 0 Å². The Kier molecular flexibility index (Phi) is 17.3. The van der Waals surface area contributed by atoms with Crippen molar-refractivity contribution in [2.75, 3.05) is 0 Å². The average Bonchev–Trinajstić information content (AvgIpc) is 2.56. The van der Waals surface area contributed by atoms with Gasteiger partial charge in [0.1, 0.15) is 0 Å². The molecule has 2 heteroatoms. The van der Waals surface area contributed by atoms with Gasteiger partial charge in [-0.2, -0.15) is 0 Å². The lowest BCUT2D eigenvalue weighted by molar-refractivity contribution is -0.136. The molecular weight excluding hydrogens is 296 g/mol. The summed E-state index contributed by atoms with van der Waals surface area (Å²) in [4.78, 5) is 10.3. The van der Waals surface area contributed by atoms with Crippen molar-refractivity contribution in [1.29, 1.82) is 0 Å². The molecular formula is C22H32O2. The van der Waals surface area contributed by atoms with Crippen molar-refractivity contribution in [3.05, 3.63) is 72.9 Å². The minimum Gasteiger partial charge on any atom is -0.481 e. The monoisotopic (exact) mass is 328 g/mol. The second-order valence-corrected chi connectivity index (χ2v) is 5.35. The molecule has 0 unspecified atom stereocenters. The number of carboxylic acids is 1. The Hall–Kier alpha value is -2.09. The zero-order valence-corrected chi connectivity index (χ0v) is 14.9. The maximum absolute atomic E-state index is 10.3. The van der Waals surface area contributed by atoms with Crippen molar-refractivity contribution in [3.63, 3.8) is 0 Å². The van der Waals surface area contributed by atoms with E-state index in [2.05, 4.69) is 67.7 Å². The normalized spacial score (nSPS) is 13.0. The zero-order valence-electron chi connectivity index (χ0n) is 14.9. The van der Waals surface area contributed by atoms with Crippen molar-refractivity contribution in [3.8, 4) is 0 Å². The smallest absolute Gasteiger partial charge is 0.303 e. The highest BCUT2D eigenvalue weighted by molar-refractivity contribution is 5.66. The number of carbonyl (C=O) groups is 1. The highest BCUT2D eigenvalue weighted by Gasteiger charge is 1.90. The lowest BCUT2D eigenvalue weighted by Crippen LogP contribution is -1.91. The molecule has 2 nitrogen and oxygen atoms in total. The molecule has 0 spiro atoms. The van der Waals surface area contributed by atoms with Gasteiger partial charge in [-0.05, 0) is 44.9 Å². The first-order chi connectivity index (χ1) is 11.8. The van der Waals surface area contributed by atoms with Crippen LogP contribution in [0.5, 0.6) is 0 Å². The molecule has 0 fully saturated rings. The van der Waals surface area contributed by atoms with E-state index < -0.39 is 5.97 Å². The highest BCUT2D eigenvalue weighted by Crippen LogP contribution is 1.97. The van der Waals surface area contributed by atoms with Gasteiger partial charge in [-0.25, -0.2) is 0 Å². The van der Waals surface area contributed by atoms with Crippen LogP contribution in [0.4, 0.5) is 0 Å². The van der Waals surface area contributed by atoms with Gasteiger partial charge < -0.3 is 5.11 Å². The van der Waals surface area contributed by atoms with Gasteiger partial charge in [-0.15, -0.1) is 0 Å². The topological polar surface area (TPSA) is 37.3 Å². The third-order valence-corrected chi connectivity index (χ3v) is 3.12. The van der Waals surface area contributed by atoms with Crippen LogP contribution in [0.25, 0.3) is 0 Å². The van der Waals surface area contributed by atoms with Crippen LogP contribution in [0.15, 0.2) is 72.9 Å². The number of hydrogen-bond donors (Lipinski definition) is 1. The maximum Gasteiger partial charge on any atom is 0.303 e. The Bertz CT molecular complexity index is 462. The first-order valence-electron chi connectivity index (χ1n) is 8.89. The fraction of sp³-hybridized carbons (Fsp3) is 0.409. The van der Waals surface area contributed by atoms with Gasteiger partial charge in [-0.3, -0.25) is 4.79 Å². The summed E-state index contributed by atoms with van der Waals surface area (Å²) in [6, 6.07) is 0. The standard InChI is InChI=1S/C22H32O2/c1-2-3-4-5-6-7-8-9-10-11-12-13-14-15-16-17-18-19-20-21-22(23)24/h3-4,6-7,9-10,12-13,15-16,18-19H,2,5,8,11,14,17,20-21H2,1H3,(H,23,24)/b4-3+,7-6+,10-9+,13-12-,16-15+,19-18+. The Morgan fingerprint density at radius 1 is 0.625 bits per heavy atom. The molecule has 0 amide bonds. The molecule has 1 N–H and O–H groups in total. The number of allylic oxidation sites excluding steroid dienone is 12. The Morgan fingerprint density at radius 3 is 1.29 bits per heavy atom. The van der Waals surface area contributed by atoms with E-state index in [-0.39, 0.29) is 6.42 Å². The van der Waals surface area contributed by atoms with Crippen LogP contribution in [-0.4, -0.2) is 11.1 Å². The van der Waals surface area contributed by atoms with E-state index in [9.17, 15) is 4.79 Å². The summed E-state index contributed by atoms with van der Waals surface area (Å²) in [6.07, 6.45) is 32.5. The van der Waals surface area contributed by atoms with Crippen LogP contribution in [0, 0.1) is 0 Å². The molecule has 0 rings (SSSR count). The van der Waals surface area contributed by atoms with Crippen LogP contribution < -0.4 is 0 Å². The largest absolute Gasteiger partial charge is 0.481 e. The summed E-state index contributed by atoms with van der Waals surface area (Å²) in [6.45, 7) is 2.15. The van der Waals surface area contributed by atoms with Gasteiger partial charge in [0.15, 0.2) is 0 Å². The molecule has 0 bridgehead atoms.